The molecule has 0 aliphatic carbocycles. The predicted octanol–water partition coefficient (Wildman–Crippen LogP) is 6.57. The molecule has 1 aliphatic heterocycles. The molecule has 0 atom stereocenters. The smallest absolute Gasteiger partial charge is 0.0960 e. The largest absolute Gasteiger partial charge is 0.298 e. The van der Waals surface area contributed by atoms with Crippen molar-refractivity contribution in [3.8, 4) is 0 Å². The van der Waals surface area contributed by atoms with Crippen LogP contribution in [0.1, 0.15) is 50.2 Å². The van der Waals surface area contributed by atoms with Gasteiger partial charge >= 0.3 is 0 Å². The van der Waals surface area contributed by atoms with E-state index in [0.29, 0.717) is 5.92 Å². The third-order valence-electron chi connectivity index (χ3n) is 5.49. The first-order valence-electron chi connectivity index (χ1n) is 9.80. The number of fused-ring (bicyclic) bond motifs is 1. The van der Waals surface area contributed by atoms with E-state index in [9.17, 15) is 0 Å². The third-order valence-corrected chi connectivity index (χ3v) is 7.65. The highest BCUT2D eigenvalue weighted by atomic mass is 32.2. The Balaban J connectivity index is 1.39. The van der Waals surface area contributed by atoms with Gasteiger partial charge in [0.25, 0.3) is 0 Å². The van der Waals surface area contributed by atoms with Crippen LogP contribution >= 0.6 is 23.1 Å². The van der Waals surface area contributed by atoms with Crippen LogP contribution in [0.25, 0.3) is 10.8 Å². The van der Waals surface area contributed by atoms with Crippen molar-refractivity contribution in [3.63, 3.8) is 0 Å². The molecule has 4 heteroatoms. The van der Waals surface area contributed by atoms with Crippen molar-refractivity contribution in [3.05, 3.63) is 58.5 Å². The van der Waals surface area contributed by atoms with Gasteiger partial charge in [-0.25, -0.2) is 4.98 Å². The number of hydrogen-bond acceptors (Lipinski definition) is 4. The van der Waals surface area contributed by atoms with Crippen LogP contribution in [0.15, 0.2) is 52.7 Å². The van der Waals surface area contributed by atoms with Crippen LogP contribution in [-0.4, -0.2) is 28.5 Å². The van der Waals surface area contributed by atoms with Crippen LogP contribution < -0.4 is 0 Å². The second-order valence-electron chi connectivity index (χ2n) is 8.38. The topological polar surface area (TPSA) is 16.1 Å². The number of likely N-dealkylation sites (tertiary alicyclic amines) is 1. The lowest BCUT2D eigenvalue weighted by Gasteiger charge is -2.40. The molecule has 1 aliphatic rings. The summed E-state index contributed by atoms with van der Waals surface area (Å²) in [5.74, 6) is 1.59. The lowest BCUT2D eigenvalue weighted by atomic mass is 9.93. The lowest BCUT2D eigenvalue weighted by molar-refractivity contribution is 0.102. The van der Waals surface area contributed by atoms with E-state index >= 15 is 0 Å². The van der Waals surface area contributed by atoms with Crippen molar-refractivity contribution >= 4 is 33.9 Å². The Morgan fingerprint density at radius 3 is 2.59 bits per heavy atom. The molecular weight excluding hydrogens is 368 g/mol. The maximum Gasteiger partial charge on any atom is 0.0960 e. The molecule has 0 saturated carbocycles. The van der Waals surface area contributed by atoms with E-state index in [4.69, 9.17) is 4.98 Å². The van der Waals surface area contributed by atoms with E-state index in [1.165, 1.54) is 52.3 Å². The normalized spacial score (nSPS) is 16.9. The average molecular weight is 397 g/mol. The highest BCUT2D eigenvalue weighted by Crippen LogP contribution is 2.35. The van der Waals surface area contributed by atoms with E-state index in [-0.39, 0.29) is 5.54 Å². The third kappa shape index (κ3) is 4.39. The summed E-state index contributed by atoms with van der Waals surface area (Å²) in [6.07, 6.45) is 2.47. The molecular formula is C23H28N2S2. The van der Waals surface area contributed by atoms with Gasteiger partial charge in [-0.05, 0) is 63.5 Å². The van der Waals surface area contributed by atoms with E-state index in [0.717, 1.165) is 5.75 Å². The summed E-state index contributed by atoms with van der Waals surface area (Å²) < 4.78 is 0. The molecule has 4 rings (SSSR count). The van der Waals surface area contributed by atoms with Gasteiger partial charge in [-0.3, -0.25) is 4.90 Å². The van der Waals surface area contributed by atoms with Crippen molar-refractivity contribution in [1.29, 1.82) is 0 Å². The van der Waals surface area contributed by atoms with Crippen molar-refractivity contribution in [1.82, 2.24) is 9.88 Å². The number of hydrogen-bond donors (Lipinski definition) is 0. The van der Waals surface area contributed by atoms with Crippen LogP contribution in [0.3, 0.4) is 0 Å². The lowest BCUT2D eigenvalue weighted by Crippen LogP contribution is -2.45. The Labute approximate surface area is 171 Å². The molecule has 1 fully saturated rings. The molecule has 0 spiro atoms. The molecule has 0 radical (unpaired) electrons. The summed E-state index contributed by atoms with van der Waals surface area (Å²) in [5, 5.41) is 6.27. The van der Waals surface area contributed by atoms with Crippen LogP contribution in [-0.2, 0) is 5.75 Å². The molecule has 1 saturated heterocycles. The number of piperidine rings is 1. The van der Waals surface area contributed by atoms with Crippen LogP contribution in [0, 0.1) is 0 Å². The second-order valence-corrected chi connectivity index (χ2v) is 10.3. The number of thiazole rings is 1. The molecule has 1 aromatic heterocycles. The zero-order valence-corrected chi connectivity index (χ0v) is 18.1. The molecule has 2 aromatic carbocycles. The standard InChI is InChI=1S/C23H28N2S2/c1-23(2,3)25-13-11-18(12-14-25)22-24-19(16-27-22)15-26-21-10-6-8-17-7-4-5-9-20(17)21/h4-10,16,18H,11-15H2,1-3H3. The first-order chi connectivity index (χ1) is 13.0. The van der Waals surface area contributed by atoms with Gasteiger partial charge in [0.1, 0.15) is 0 Å². The number of aromatic nitrogens is 1. The molecule has 27 heavy (non-hydrogen) atoms. The zero-order valence-electron chi connectivity index (χ0n) is 16.4. The second kappa shape index (κ2) is 7.94. The maximum atomic E-state index is 5.00. The summed E-state index contributed by atoms with van der Waals surface area (Å²) in [7, 11) is 0. The number of nitrogens with zero attached hydrogens (tertiary/aromatic N) is 2. The van der Waals surface area contributed by atoms with E-state index in [1.54, 1.807) is 0 Å². The first kappa shape index (κ1) is 19.0. The molecule has 0 amide bonds. The minimum Gasteiger partial charge on any atom is -0.298 e. The summed E-state index contributed by atoms with van der Waals surface area (Å²) in [5.41, 5.74) is 1.51. The van der Waals surface area contributed by atoms with Crippen LogP contribution in [0.4, 0.5) is 0 Å². The fourth-order valence-electron chi connectivity index (χ4n) is 3.85. The average Bonchev–Trinajstić information content (AvgIpc) is 3.15. The number of benzene rings is 2. The Hall–Kier alpha value is -1.36. The van der Waals surface area contributed by atoms with E-state index in [1.807, 2.05) is 23.1 Å². The summed E-state index contributed by atoms with van der Waals surface area (Å²) in [6.45, 7) is 9.33. The van der Waals surface area contributed by atoms with E-state index < -0.39 is 0 Å². The minimum absolute atomic E-state index is 0.286. The molecule has 0 unspecified atom stereocenters. The first-order valence-corrected chi connectivity index (χ1v) is 11.7. The molecule has 142 valence electrons. The Morgan fingerprint density at radius 1 is 1.07 bits per heavy atom. The Morgan fingerprint density at radius 2 is 1.81 bits per heavy atom. The molecule has 0 N–H and O–H groups in total. The van der Waals surface area contributed by atoms with Crippen LogP contribution in [0.2, 0.25) is 0 Å². The van der Waals surface area contributed by atoms with Gasteiger partial charge in [0.15, 0.2) is 0 Å². The van der Waals surface area contributed by atoms with Gasteiger partial charge in [-0.2, -0.15) is 0 Å². The van der Waals surface area contributed by atoms with Gasteiger partial charge in [0.2, 0.25) is 0 Å². The summed E-state index contributed by atoms with van der Waals surface area (Å²) in [6, 6.07) is 15.2. The molecule has 2 heterocycles. The highest BCUT2D eigenvalue weighted by Gasteiger charge is 2.28. The highest BCUT2D eigenvalue weighted by molar-refractivity contribution is 7.98. The Kier molecular flexibility index (Phi) is 5.58. The minimum atomic E-state index is 0.286. The van der Waals surface area contributed by atoms with Crippen molar-refractivity contribution in [2.75, 3.05) is 13.1 Å². The van der Waals surface area contributed by atoms with Gasteiger partial charge in [-0.1, -0.05) is 36.4 Å². The van der Waals surface area contributed by atoms with Gasteiger partial charge in [0, 0.05) is 27.5 Å². The molecule has 3 aromatic rings. The van der Waals surface area contributed by atoms with Gasteiger partial charge in [-0.15, -0.1) is 23.1 Å². The number of rotatable bonds is 4. The van der Waals surface area contributed by atoms with Crippen LogP contribution in [0.5, 0.6) is 0 Å². The molecule has 2 nitrogen and oxygen atoms in total. The fraction of sp³-hybridized carbons (Fsp3) is 0.435. The van der Waals surface area contributed by atoms with Gasteiger partial charge in [0.05, 0.1) is 10.7 Å². The summed E-state index contributed by atoms with van der Waals surface area (Å²) >= 11 is 3.76. The monoisotopic (exact) mass is 396 g/mol. The number of thioether (sulfide) groups is 1. The maximum absolute atomic E-state index is 5.00. The quantitative estimate of drug-likeness (QED) is 0.464. The van der Waals surface area contributed by atoms with Crippen molar-refractivity contribution in [2.45, 2.75) is 55.7 Å². The predicted molar refractivity (Wildman–Crippen MR) is 119 cm³/mol. The van der Waals surface area contributed by atoms with Crippen molar-refractivity contribution in [2.24, 2.45) is 0 Å². The molecule has 0 bridgehead atoms. The van der Waals surface area contributed by atoms with Gasteiger partial charge < -0.3 is 0 Å². The zero-order chi connectivity index (χ0) is 18.9. The Bertz CT molecular complexity index is 897. The van der Waals surface area contributed by atoms with E-state index in [2.05, 4.69) is 73.5 Å². The fourth-order valence-corrected chi connectivity index (χ4v) is 5.91. The van der Waals surface area contributed by atoms with Crippen molar-refractivity contribution < 1.29 is 0 Å². The SMILES string of the molecule is CC(C)(C)N1CCC(c2nc(CSc3cccc4ccccc34)cs2)CC1. The summed E-state index contributed by atoms with van der Waals surface area (Å²) in [4.78, 5) is 8.95.